The van der Waals surface area contributed by atoms with Gasteiger partial charge in [-0.3, -0.25) is 4.79 Å². The maximum atomic E-state index is 11.0. The van der Waals surface area contributed by atoms with Crippen LogP contribution >= 0.6 is 0 Å². The SMILES string of the molecule is N#CCCC1CCCC(=O)C1. The molecule has 2 nitrogen and oxygen atoms in total. The molecule has 0 bridgehead atoms. The molecule has 0 saturated heterocycles. The van der Waals surface area contributed by atoms with Crippen LogP contribution in [0.1, 0.15) is 38.5 Å². The van der Waals surface area contributed by atoms with Gasteiger partial charge in [-0.1, -0.05) is 0 Å². The first-order chi connectivity index (χ1) is 5.33. The summed E-state index contributed by atoms with van der Waals surface area (Å²) in [6, 6.07) is 2.12. The van der Waals surface area contributed by atoms with Gasteiger partial charge in [-0.15, -0.1) is 0 Å². The van der Waals surface area contributed by atoms with Crippen LogP contribution in [-0.4, -0.2) is 5.78 Å². The van der Waals surface area contributed by atoms with Gasteiger partial charge in [0.2, 0.25) is 0 Å². The van der Waals surface area contributed by atoms with Crippen LogP contribution in [0.5, 0.6) is 0 Å². The molecule has 1 aliphatic rings. The van der Waals surface area contributed by atoms with Crippen molar-refractivity contribution < 1.29 is 4.79 Å². The van der Waals surface area contributed by atoms with Gasteiger partial charge in [0.1, 0.15) is 5.78 Å². The van der Waals surface area contributed by atoms with Crippen LogP contribution in [0.25, 0.3) is 0 Å². The Labute approximate surface area is 67.2 Å². The van der Waals surface area contributed by atoms with E-state index in [0.717, 1.165) is 32.1 Å². The van der Waals surface area contributed by atoms with Crippen LogP contribution in [0, 0.1) is 17.2 Å². The van der Waals surface area contributed by atoms with Crippen LogP contribution in [-0.2, 0) is 4.79 Å². The molecule has 0 aliphatic heterocycles. The molecule has 0 radical (unpaired) electrons. The molecular weight excluding hydrogens is 138 g/mol. The largest absolute Gasteiger partial charge is 0.300 e. The molecule has 0 spiro atoms. The van der Waals surface area contributed by atoms with Crippen molar-refractivity contribution >= 4 is 5.78 Å². The minimum Gasteiger partial charge on any atom is -0.300 e. The second-order valence-corrected chi connectivity index (χ2v) is 3.20. The van der Waals surface area contributed by atoms with E-state index >= 15 is 0 Å². The van der Waals surface area contributed by atoms with E-state index in [2.05, 4.69) is 6.07 Å². The van der Waals surface area contributed by atoms with E-state index in [0.29, 0.717) is 18.1 Å². The van der Waals surface area contributed by atoms with Gasteiger partial charge in [-0.05, 0) is 25.2 Å². The average Bonchev–Trinajstić information content (AvgIpc) is 2.01. The summed E-state index contributed by atoms with van der Waals surface area (Å²) >= 11 is 0. The number of Topliss-reactive ketones (excluding diaryl/α,β-unsaturated/α-hetero) is 1. The highest BCUT2D eigenvalue weighted by Gasteiger charge is 2.18. The molecule has 2 heteroatoms. The monoisotopic (exact) mass is 151 g/mol. The highest BCUT2D eigenvalue weighted by atomic mass is 16.1. The summed E-state index contributed by atoms with van der Waals surface area (Å²) in [4.78, 5) is 11.0. The summed E-state index contributed by atoms with van der Waals surface area (Å²) in [5, 5.41) is 8.33. The van der Waals surface area contributed by atoms with Gasteiger partial charge in [0, 0.05) is 19.3 Å². The number of ketones is 1. The summed E-state index contributed by atoms with van der Waals surface area (Å²) in [5.41, 5.74) is 0. The molecule has 1 saturated carbocycles. The topological polar surface area (TPSA) is 40.9 Å². The van der Waals surface area contributed by atoms with Crippen LogP contribution in [0.2, 0.25) is 0 Å². The van der Waals surface area contributed by atoms with E-state index in [4.69, 9.17) is 5.26 Å². The quantitative estimate of drug-likeness (QED) is 0.606. The van der Waals surface area contributed by atoms with Crippen molar-refractivity contribution in [2.75, 3.05) is 0 Å². The van der Waals surface area contributed by atoms with Crippen LogP contribution in [0.15, 0.2) is 0 Å². The van der Waals surface area contributed by atoms with E-state index in [1.54, 1.807) is 0 Å². The third-order valence-electron chi connectivity index (χ3n) is 2.25. The second-order valence-electron chi connectivity index (χ2n) is 3.20. The van der Waals surface area contributed by atoms with E-state index in [9.17, 15) is 4.79 Å². The Kier molecular flexibility index (Phi) is 3.10. The number of hydrogen-bond acceptors (Lipinski definition) is 2. The molecule has 0 aromatic rings. The molecule has 0 aromatic heterocycles. The van der Waals surface area contributed by atoms with Gasteiger partial charge in [0.05, 0.1) is 6.07 Å². The summed E-state index contributed by atoms with van der Waals surface area (Å²) in [7, 11) is 0. The minimum absolute atomic E-state index is 0.388. The van der Waals surface area contributed by atoms with E-state index < -0.39 is 0 Å². The molecule has 60 valence electrons. The molecule has 1 aliphatic carbocycles. The Morgan fingerprint density at radius 2 is 2.45 bits per heavy atom. The maximum Gasteiger partial charge on any atom is 0.133 e. The van der Waals surface area contributed by atoms with Gasteiger partial charge in [0.15, 0.2) is 0 Å². The van der Waals surface area contributed by atoms with Gasteiger partial charge in [-0.2, -0.15) is 5.26 Å². The maximum absolute atomic E-state index is 11.0. The Morgan fingerprint density at radius 3 is 3.09 bits per heavy atom. The third kappa shape index (κ3) is 2.71. The number of carbonyl (C=O) groups is 1. The lowest BCUT2D eigenvalue weighted by molar-refractivity contribution is -0.121. The molecule has 0 N–H and O–H groups in total. The number of carbonyl (C=O) groups excluding carboxylic acids is 1. The van der Waals surface area contributed by atoms with Crippen molar-refractivity contribution in [2.24, 2.45) is 5.92 Å². The fraction of sp³-hybridized carbons (Fsp3) is 0.778. The van der Waals surface area contributed by atoms with E-state index in [1.807, 2.05) is 0 Å². The van der Waals surface area contributed by atoms with Crippen LogP contribution < -0.4 is 0 Å². The summed E-state index contributed by atoms with van der Waals surface area (Å²) in [5.74, 6) is 0.898. The van der Waals surface area contributed by atoms with Gasteiger partial charge in [0.25, 0.3) is 0 Å². The summed E-state index contributed by atoms with van der Waals surface area (Å²) in [6.45, 7) is 0. The van der Waals surface area contributed by atoms with Crippen molar-refractivity contribution in [3.63, 3.8) is 0 Å². The predicted molar refractivity (Wildman–Crippen MR) is 41.8 cm³/mol. The second kappa shape index (κ2) is 4.12. The lowest BCUT2D eigenvalue weighted by atomic mass is 9.85. The zero-order valence-corrected chi connectivity index (χ0v) is 6.68. The molecule has 1 atom stereocenters. The summed E-state index contributed by atoms with van der Waals surface area (Å²) < 4.78 is 0. The zero-order chi connectivity index (χ0) is 8.10. The van der Waals surface area contributed by atoms with Gasteiger partial charge < -0.3 is 0 Å². The molecule has 0 heterocycles. The molecule has 0 aromatic carbocycles. The van der Waals surface area contributed by atoms with Crippen molar-refractivity contribution in [3.8, 4) is 6.07 Å². The van der Waals surface area contributed by atoms with Gasteiger partial charge >= 0.3 is 0 Å². The van der Waals surface area contributed by atoms with Crippen molar-refractivity contribution in [2.45, 2.75) is 38.5 Å². The lowest BCUT2D eigenvalue weighted by Gasteiger charge is -2.18. The highest BCUT2D eigenvalue weighted by molar-refractivity contribution is 5.79. The Balaban J connectivity index is 2.24. The van der Waals surface area contributed by atoms with Crippen LogP contribution in [0.3, 0.4) is 0 Å². The predicted octanol–water partition coefficient (Wildman–Crippen LogP) is 2.05. The number of nitrogens with zero attached hydrogens (tertiary/aromatic N) is 1. The standard InChI is InChI=1S/C9H13NO/c10-6-2-4-8-3-1-5-9(11)7-8/h8H,1-5,7H2. The van der Waals surface area contributed by atoms with Gasteiger partial charge in [-0.25, -0.2) is 0 Å². The minimum atomic E-state index is 0.388. The van der Waals surface area contributed by atoms with Crippen molar-refractivity contribution in [1.82, 2.24) is 0 Å². The highest BCUT2D eigenvalue weighted by Crippen LogP contribution is 2.24. The number of rotatable bonds is 2. The first-order valence-corrected chi connectivity index (χ1v) is 4.21. The molecule has 1 unspecified atom stereocenters. The Hall–Kier alpha value is -0.840. The number of hydrogen-bond donors (Lipinski definition) is 0. The Morgan fingerprint density at radius 1 is 1.64 bits per heavy atom. The average molecular weight is 151 g/mol. The molecule has 0 amide bonds. The molecule has 1 fully saturated rings. The third-order valence-corrected chi connectivity index (χ3v) is 2.25. The van der Waals surface area contributed by atoms with Crippen molar-refractivity contribution in [3.05, 3.63) is 0 Å². The first-order valence-electron chi connectivity index (χ1n) is 4.21. The molecule has 1 rings (SSSR count). The zero-order valence-electron chi connectivity index (χ0n) is 6.68. The summed E-state index contributed by atoms with van der Waals surface area (Å²) in [6.07, 6.45) is 5.20. The van der Waals surface area contributed by atoms with Crippen LogP contribution in [0.4, 0.5) is 0 Å². The van der Waals surface area contributed by atoms with Crippen molar-refractivity contribution in [1.29, 1.82) is 5.26 Å². The smallest absolute Gasteiger partial charge is 0.133 e. The van der Waals surface area contributed by atoms with E-state index in [1.165, 1.54) is 0 Å². The fourth-order valence-corrected chi connectivity index (χ4v) is 1.63. The first kappa shape index (κ1) is 8.26. The molecular formula is C9H13NO. The van der Waals surface area contributed by atoms with E-state index in [-0.39, 0.29) is 0 Å². The number of nitriles is 1. The molecule has 11 heavy (non-hydrogen) atoms. The fourth-order valence-electron chi connectivity index (χ4n) is 1.63. The lowest BCUT2D eigenvalue weighted by Crippen LogP contribution is -2.14. The Bertz CT molecular complexity index is 180. The normalized spacial score (nSPS) is 24.6.